The van der Waals surface area contributed by atoms with Crippen molar-refractivity contribution in [3.05, 3.63) is 18.5 Å². The number of hydrogen-bond donors (Lipinski definition) is 1. The number of piperazine rings is 1. The monoisotopic (exact) mass is 381 g/mol. The number of nitrogens with zero attached hydrogens (tertiary/aromatic N) is 6. The number of rotatable bonds is 4. The third kappa shape index (κ3) is 5.04. The van der Waals surface area contributed by atoms with Gasteiger partial charge in [-0.15, -0.1) is 0 Å². The van der Waals surface area contributed by atoms with Gasteiger partial charge < -0.3 is 15.1 Å². The predicted octanol–water partition coefficient (Wildman–Crippen LogP) is -1.10. The number of sulfone groups is 1. The van der Waals surface area contributed by atoms with Gasteiger partial charge in [-0.2, -0.15) is 0 Å². The first-order valence-corrected chi connectivity index (χ1v) is 10.8. The molecule has 0 unspecified atom stereocenters. The van der Waals surface area contributed by atoms with Crippen molar-refractivity contribution in [3.63, 3.8) is 0 Å². The van der Waals surface area contributed by atoms with Crippen molar-refractivity contribution < 1.29 is 8.42 Å². The molecule has 0 radical (unpaired) electrons. The van der Waals surface area contributed by atoms with Gasteiger partial charge in [0, 0.05) is 71.8 Å². The SMILES string of the molecule is CN=C(NCCN1CCS(=O)(=O)CC1)N1CCN(c2ncccn2)CC1. The van der Waals surface area contributed by atoms with Crippen LogP contribution in [0.4, 0.5) is 5.95 Å². The van der Waals surface area contributed by atoms with E-state index in [9.17, 15) is 8.42 Å². The normalized spacial score (nSPS) is 21.7. The Labute approximate surface area is 155 Å². The van der Waals surface area contributed by atoms with Gasteiger partial charge in [0.2, 0.25) is 5.95 Å². The third-order valence-electron chi connectivity index (χ3n) is 4.77. The average Bonchev–Trinajstić information content (AvgIpc) is 2.67. The van der Waals surface area contributed by atoms with Gasteiger partial charge in [0.05, 0.1) is 11.5 Å². The van der Waals surface area contributed by atoms with Crippen LogP contribution in [0, 0.1) is 0 Å². The second-order valence-electron chi connectivity index (χ2n) is 6.49. The topological polar surface area (TPSA) is 94.0 Å². The number of anilines is 1. The van der Waals surface area contributed by atoms with Gasteiger partial charge in [0.15, 0.2) is 15.8 Å². The zero-order chi connectivity index (χ0) is 18.4. The summed E-state index contributed by atoms with van der Waals surface area (Å²) in [6.07, 6.45) is 3.53. The molecule has 9 nitrogen and oxygen atoms in total. The molecule has 144 valence electrons. The molecule has 2 aliphatic heterocycles. The summed E-state index contributed by atoms with van der Waals surface area (Å²) in [5.74, 6) is 2.20. The Kier molecular flexibility index (Phi) is 6.25. The largest absolute Gasteiger partial charge is 0.355 e. The predicted molar refractivity (Wildman–Crippen MR) is 102 cm³/mol. The standard InChI is InChI=1S/C16H27N7O2S/c1-17-15(20-5-6-21-11-13-26(24,25)14-12-21)22-7-9-23(10-8-22)16-18-3-2-4-19-16/h2-4H,5-14H2,1H3,(H,17,20). The second-order valence-corrected chi connectivity index (χ2v) is 8.79. The lowest BCUT2D eigenvalue weighted by molar-refractivity contribution is 0.296. The molecule has 10 heteroatoms. The van der Waals surface area contributed by atoms with E-state index in [0.29, 0.717) is 13.1 Å². The summed E-state index contributed by atoms with van der Waals surface area (Å²) >= 11 is 0. The molecule has 0 aromatic carbocycles. The maximum Gasteiger partial charge on any atom is 0.225 e. The second kappa shape index (κ2) is 8.63. The maximum absolute atomic E-state index is 11.5. The molecule has 1 aromatic heterocycles. The first-order chi connectivity index (χ1) is 12.6. The minimum atomic E-state index is -2.82. The highest BCUT2D eigenvalue weighted by molar-refractivity contribution is 7.91. The average molecular weight is 382 g/mol. The first kappa shape index (κ1) is 18.8. The highest BCUT2D eigenvalue weighted by atomic mass is 32.2. The molecule has 0 saturated carbocycles. The van der Waals surface area contributed by atoms with Gasteiger partial charge in [0.1, 0.15) is 0 Å². The lowest BCUT2D eigenvalue weighted by Gasteiger charge is -2.36. The van der Waals surface area contributed by atoms with Gasteiger partial charge in [-0.1, -0.05) is 0 Å². The number of hydrogen-bond acceptors (Lipinski definition) is 7. The molecule has 0 aliphatic carbocycles. The van der Waals surface area contributed by atoms with Crippen molar-refractivity contribution in [2.45, 2.75) is 0 Å². The summed E-state index contributed by atoms with van der Waals surface area (Å²) in [7, 11) is -1.02. The van der Waals surface area contributed by atoms with Crippen LogP contribution in [0.25, 0.3) is 0 Å². The Morgan fingerprint density at radius 3 is 2.38 bits per heavy atom. The number of aromatic nitrogens is 2. The van der Waals surface area contributed by atoms with Crippen LogP contribution in [-0.4, -0.2) is 105 Å². The third-order valence-corrected chi connectivity index (χ3v) is 6.38. The molecule has 1 N–H and O–H groups in total. The summed E-state index contributed by atoms with van der Waals surface area (Å²) in [5.41, 5.74) is 0. The zero-order valence-corrected chi connectivity index (χ0v) is 16.0. The van der Waals surface area contributed by atoms with E-state index in [0.717, 1.165) is 51.2 Å². The van der Waals surface area contributed by atoms with E-state index < -0.39 is 9.84 Å². The summed E-state index contributed by atoms with van der Waals surface area (Å²) in [6, 6.07) is 1.82. The van der Waals surface area contributed by atoms with Crippen LogP contribution in [0.3, 0.4) is 0 Å². The fraction of sp³-hybridized carbons (Fsp3) is 0.688. The van der Waals surface area contributed by atoms with Gasteiger partial charge in [0.25, 0.3) is 0 Å². The molecule has 0 atom stereocenters. The highest BCUT2D eigenvalue weighted by Gasteiger charge is 2.23. The molecule has 2 saturated heterocycles. The Bertz CT molecular complexity index is 689. The minimum absolute atomic E-state index is 0.269. The zero-order valence-electron chi connectivity index (χ0n) is 15.2. The fourth-order valence-electron chi connectivity index (χ4n) is 3.20. The van der Waals surface area contributed by atoms with Crippen LogP contribution in [-0.2, 0) is 9.84 Å². The Hall–Kier alpha value is -1.94. The summed E-state index contributed by atoms with van der Waals surface area (Å²) in [5, 5.41) is 3.40. The first-order valence-electron chi connectivity index (χ1n) is 8.98. The van der Waals surface area contributed by atoms with Crippen LogP contribution in [0.2, 0.25) is 0 Å². The fourth-order valence-corrected chi connectivity index (χ4v) is 4.48. The van der Waals surface area contributed by atoms with Gasteiger partial charge in [-0.25, -0.2) is 18.4 Å². The molecule has 3 rings (SSSR count). The Morgan fingerprint density at radius 2 is 1.77 bits per heavy atom. The van der Waals surface area contributed by atoms with E-state index in [1.165, 1.54) is 0 Å². The number of nitrogens with one attached hydrogen (secondary N) is 1. The van der Waals surface area contributed by atoms with E-state index in [4.69, 9.17) is 0 Å². The summed E-state index contributed by atoms with van der Waals surface area (Å²) in [6.45, 7) is 6.26. The smallest absolute Gasteiger partial charge is 0.225 e. The van der Waals surface area contributed by atoms with Crippen LogP contribution in [0.15, 0.2) is 23.5 Å². The van der Waals surface area contributed by atoms with Crippen molar-refractivity contribution >= 4 is 21.7 Å². The molecule has 3 heterocycles. The lowest BCUT2D eigenvalue weighted by Crippen LogP contribution is -2.54. The van der Waals surface area contributed by atoms with Crippen LogP contribution in [0.1, 0.15) is 0 Å². The molecular formula is C16H27N7O2S. The Morgan fingerprint density at radius 1 is 1.12 bits per heavy atom. The van der Waals surface area contributed by atoms with Crippen LogP contribution in [0.5, 0.6) is 0 Å². The molecule has 0 spiro atoms. The minimum Gasteiger partial charge on any atom is -0.355 e. The number of guanidine groups is 1. The van der Waals surface area contributed by atoms with Crippen LogP contribution < -0.4 is 10.2 Å². The van der Waals surface area contributed by atoms with E-state index in [1.54, 1.807) is 19.4 Å². The molecule has 2 fully saturated rings. The molecule has 1 aromatic rings. The number of aliphatic imine (C=N–C) groups is 1. The van der Waals surface area contributed by atoms with Gasteiger partial charge >= 0.3 is 0 Å². The van der Waals surface area contributed by atoms with E-state index in [-0.39, 0.29) is 11.5 Å². The van der Waals surface area contributed by atoms with Crippen molar-refractivity contribution in [1.29, 1.82) is 0 Å². The van der Waals surface area contributed by atoms with Gasteiger partial charge in [-0.3, -0.25) is 9.89 Å². The van der Waals surface area contributed by atoms with Crippen molar-refractivity contribution in [2.24, 2.45) is 4.99 Å². The lowest BCUT2D eigenvalue weighted by atomic mass is 10.3. The maximum atomic E-state index is 11.5. The molecule has 2 aliphatic rings. The molecule has 26 heavy (non-hydrogen) atoms. The van der Waals surface area contributed by atoms with Crippen LogP contribution >= 0.6 is 0 Å². The molecule has 0 amide bonds. The Balaban J connectivity index is 1.41. The van der Waals surface area contributed by atoms with E-state index in [1.807, 2.05) is 6.07 Å². The summed E-state index contributed by atoms with van der Waals surface area (Å²) in [4.78, 5) is 19.6. The quantitative estimate of drug-likeness (QED) is 0.519. The van der Waals surface area contributed by atoms with Gasteiger partial charge in [-0.05, 0) is 6.07 Å². The van der Waals surface area contributed by atoms with Crippen molar-refractivity contribution in [3.8, 4) is 0 Å². The highest BCUT2D eigenvalue weighted by Crippen LogP contribution is 2.09. The van der Waals surface area contributed by atoms with E-state index in [2.05, 4.69) is 35.0 Å². The summed E-state index contributed by atoms with van der Waals surface area (Å²) < 4.78 is 23.0. The molecule has 0 bridgehead atoms. The van der Waals surface area contributed by atoms with E-state index >= 15 is 0 Å². The van der Waals surface area contributed by atoms with Crippen molar-refractivity contribution in [2.75, 3.05) is 75.8 Å². The molecular weight excluding hydrogens is 354 g/mol. The van der Waals surface area contributed by atoms with Crippen molar-refractivity contribution in [1.82, 2.24) is 25.1 Å².